The van der Waals surface area contributed by atoms with Gasteiger partial charge >= 0.3 is 0 Å². The predicted molar refractivity (Wildman–Crippen MR) is 492 cm³/mol. The Morgan fingerprint density at radius 3 is 1.72 bits per heavy atom. The van der Waals surface area contributed by atoms with Crippen LogP contribution in [0.3, 0.4) is 0 Å². The molecule has 13 atom stereocenters. The average molecular weight is 1860 g/mol. The molecule has 2 fully saturated rings. The number of nitrogens with zero attached hydrogens (tertiary/aromatic N) is 7. The first-order valence-corrected chi connectivity index (χ1v) is 45.9. The maximum absolute atomic E-state index is 15.7. The van der Waals surface area contributed by atoms with Crippen molar-refractivity contribution in [3.05, 3.63) is 126 Å². The average Bonchev–Trinajstić information content (AvgIpc) is 1.78. The number of primary amides is 2. The third-order valence-corrected chi connectivity index (χ3v) is 25.1. The number of nitrogens with two attached hydrogens (primary N) is 3. The number of rotatable bonds is 24. The van der Waals surface area contributed by atoms with E-state index >= 15 is 33.6 Å². The van der Waals surface area contributed by atoms with Crippen molar-refractivity contribution in [2.45, 2.75) is 222 Å². The zero-order chi connectivity index (χ0) is 97.0. The summed E-state index contributed by atoms with van der Waals surface area (Å²) >= 11 is 0.845. The quantitative estimate of drug-likeness (QED) is 0.0179. The highest BCUT2D eigenvalue weighted by Crippen LogP contribution is 2.29. The van der Waals surface area contributed by atoms with Crippen molar-refractivity contribution < 1.29 is 86.6 Å². The highest BCUT2D eigenvalue weighted by atomic mass is 32.2. The molecule has 0 aliphatic carbocycles. The van der Waals surface area contributed by atoms with E-state index in [0.29, 0.717) is 75.4 Å². The molecule has 0 radical (unpaired) electrons. The molecule has 2 saturated heterocycles. The first-order chi connectivity index (χ1) is 63.4. The fourth-order valence-corrected chi connectivity index (χ4v) is 17.5. The minimum Gasteiger partial charge on any atom is -0.394 e. The molecule has 17 amide bonds. The van der Waals surface area contributed by atoms with Crippen LogP contribution in [0.15, 0.2) is 97.7 Å². The second-order valence-corrected chi connectivity index (χ2v) is 35.4. The maximum Gasteiger partial charge on any atom is 0.246 e. The molecule has 0 saturated carbocycles. The highest BCUT2D eigenvalue weighted by molar-refractivity contribution is 8.00. The van der Waals surface area contributed by atoms with Gasteiger partial charge < -0.3 is 120 Å². The molecular formula is C90H126N24O18S. The van der Waals surface area contributed by atoms with E-state index < -0.39 is 223 Å². The third-order valence-electron chi connectivity index (χ3n) is 24.1. The highest BCUT2D eigenvalue weighted by Gasteiger charge is 2.45. The Morgan fingerprint density at radius 1 is 0.549 bits per heavy atom. The molecule has 42 nitrogen and oxygen atoms in total. The summed E-state index contributed by atoms with van der Waals surface area (Å²) in [4.78, 5) is 270. The van der Waals surface area contributed by atoms with Gasteiger partial charge in [0.2, 0.25) is 100 Å². The summed E-state index contributed by atoms with van der Waals surface area (Å²) in [5.74, 6) is -16.7. The lowest BCUT2D eigenvalue weighted by atomic mass is 9.93. The van der Waals surface area contributed by atoms with Crippen LogP contribution in [0.2, 0.25) is 0 Å². The number of fused-ring (bicyclic) bond motifs is 5. The van der Waals surface area contributed by atoms with Gasteiger partial charge in [0.15, 0.2) is 5.96 Å². The SMILES string of the molecule is CCCCC1C(=O)N(C)C(CCCC)C(=O)NC(CCCNC(=N)N)C(=O)NC(C(=O)NCC(N)=O)CSCC(=O)N2Cc3ccccc3CC2C(=O)N(C)C(C)C(=O)NC(CC(N)=O)C(=O)N2CCCC2C(=O)NC(Cc2cnc[nH]2)C(=O)NC(CC(C)C)C(=O)N(C)CC(=O)NC(Cc2c[nH]c3ccccc23)C(=O)NC(CO)C(=O)NC(Cc2c[nH]c3ccccc23)C(=O)N1C. The number of unbranched alkanes of at least 4 members (excludes halogenated alkanes) is 2. The van der Waals surface area contributed by atoms with Crippen molar-refractivity contribution in [1.29, 1.82) is 5.41 Å². The van der Waals surface area contributed by atoms with Gasteiger partial charge in [-0.1, -0.05) is 114 Å². The van der Waals surface area contributed by atoms with Crippen LogP contribution in [-0.2, 0) is 114 Å². The zero-order valence-corrected chi connectivity index (χ0v) is 77.3. The number of carbonyl (C=O) groups excluding carboxylic acids is 17. The van der Waals surface area contributed by atoms with E-state index in [9.17, 15) is 53.1 Å². The molecule has 9 rings (SSSR count). The number of aromatic nitrogens is 4. The Kier molecular flexibility index (Phi) is 38.1. The Bertz CT molecular complexity index is 5180. The van der Waals surface area contributed by atoms with E-state index in [1.807, 2.05) is 13.8 Å². The van der Waals surface area contributed by atoms with Crippen LogP contribution >= 0.6 is 11.8 Å². The first kappa shape index (κ1) is 103. The van der Waals surface area contributed by atoms with E-state index in [-0.39, 0.29) is 96.2 Å². The van der Waals surface area contributed by atoms with Crippen molar-refractivity contribution in [3.63, 3.8) is 0 Å². The fourth-order valence-electron chi connectivity index (χ4n) is 16.6. The number of thioether (sulfide) groups is 1. The molecule has 133 heavy (non-hydrogen) atoms. The van der Waals surface area contributed by atoms with Gasteiger partial charge in [0.1, 0.15) is 78.5 Å². The van der Waals surface area contributed by atoms with Crippen LogP contribution in [-0.4, -0.2) is 312 Å². The number of hydrogen-bond acceptors (Lipinski definition) is 21. The number of likely N-dealkylation sites (N-methyl/N-ethyl adjacent to an activating group) is 4. The standard InChI is InChI=1S/C90H126N24O18S/c1-10-12-29-69-83(126)102-61(28-20-32-96-90(93)94)79(122)108-68(78(121)99-43-74(92)117)47-133-48-76(119)114-44-53-23-15-14-22-52(53)37-72(114)89(132)110(7)51(5)77(120)104-66(39-73(91)116)87(130)113-33-21-31-70(113)84(127)103-63(38-56-42-95-49-100-56)81(124)105-64(34-50(3)4)85(128)109(6)45-75(118)101-62(35-54-40-97-59-26-18-16-24-57(54)59)80(123)107-67(46-115)82(125)106-65(36-55-41-98-60-27-19-17-25-58(55)60)86(129)112(9)71(30-13-11-2)88(131)111(69)8/h14-19,22-27,40-42,49-51,61-72,97-98,115H,10-13,20-21,28-39,43-48H2,1-9H3,(H2,91,116)(H2,92,117)(H,95,100)(H,99,121)(H,101,118)(H,102,126)(H,103,127)(H,104,120)(H,105,124)(H,106,125)(H,107,123)(H,108,122)(H4,93,94,96). The Balaban J connectivity index is 1.09. The number of hydrogen-bond donors (Lipinski definition) is 18. The zero-order valence-electron chi connectivity index (χ0n) is 76.4. The summed E-state index contributed by atoms with van der Waals surface area (Å²) in [5, 5.41) is 46.9. The van der Waals surface area contributed by atoms with Crippen molar-refractivity contribution in [2.75, 3.05) is 72.5 Å². The number of aromatic amines is 3. The number of aliphatic hydroxyl groups excluding tert-OH is 1. The van der Waals surface area contributed by atoms with Gasteiger partial charge in [-0.3, -0.25) is 86.9 Å². The van der Waals surface area contributed by atoms with Gasteiger partial charge in [-0.15, -0.1) is 11.8 Å². The third kappa shape index (κ3) is 28.3. The number of nitrogens with one attached hydrogen (secondary N) is 14. The van der Waals surface area contributed by atoms with Gasteiger partial charge in [0.05, 0.1) is 38.2 Å². The number of H-pyrrole nitrogens is 3. The number of imidazole rings is 1. The number of carbonyl (C=O) groups is 17. The molecule has 6 aromatic rings. The largest absolute Gasteiger partial charge is 0.394 e. The van der Waals surface area contributed by atoms with E-state index in [2.05, 4.69) is 73.1 Å². The monoisotopic (exact) mass is 1860 g/mol. The van der Waals surface area contributed by atoms with Crippen molar-refractivity contribution >= 4 is 140 Å². The van der Waals surface area contributed by atoms with Crippen LogP contribution < -0.4 is 70.4 Å². The topological polar surface area (TPSA) is 612 Å². The van der Waals surface area contributed by atoms with Gasteiger partial charge in [-0.05, 0) is 92.2 Å². The molecule has 3 aromatic carbocycles. The van der Waals surface area contributed by atoms with E-state index in [1.165, 1.54) is 57.4 Å². The van der Waals surface area contributed by atoms with Crippen LogP contribution in [0.5, 0.6) is 0 Å². The lowest BCUT2D eigenvalue weighted by Gasteiger charge is -2.39. The van der Waals surface area contributed by atoms with Gasteiger partial charge in [-0.2, -0.15) is 0 Å². The molecule has 3 aliphatic rings. The second-order valence-electron chi connectivity index (χ2n) is 34.4. The number of amides is 17. The van der Waals surface area contributed by atoms with Gasteiger partial charge in [0.25, 0.3) is 0 Å². The fraction of sp³-hybridized carbons (Fsp3) is 0.522. The molecule has 13 unspecified atom stereocenters. The summed E-state index contributed by atoms with van der Waals surface area (Å²) < 4.78 is 0. The molecule has 0 spiro atoms. The van der Waals surface area contributed by atoms with Gasteiger partial charge in [0, 0.05) is 125 Å². The lowest BCUT2D eigenvalue weighted by molar-refractivity contribution is -0.149. The Labute approximate surface area is 774 Å². The molecule has 3 aliphatic heterocycles. The minimum absolute atomic E-state index is 0.000189. The Morgan fingerprint density at radius 2 is 1.11 bits per heavy atom. The number of para-hydroxylation sites is 2. The minimum atomic E-state index is -1.85. The van der Waals surface area contributed by atoms with E-state index in [0.717, 1.165) is 31.4 Å². The maximum atomic E-state index is 15.7. The van der Waals surface area contributed by atoms with Gasteiger partial charge in [-0.25, -0.2) is 4.98 Å². The van der Waals surface area contributed by atoms with Crippen LogP contribution in [0.1, 0.15) is 140 Å². The summed E-state index contributed by atoms with van der Waals surface area (Å²) in [7, 11) is 5.30. The first-order valence-electron chi connectivity index (χ1n) is 44.7. The second kappa shape index (κ2) is 49.1. The van der Waals surface area contributed by atoms with Crippen molar-refractivity contribution in [1.82, 2.24) is 103 Å². The molecular weight excluding hydrogens is 1740 g/mol. The summed E-state index contributed by atoms with van der Waals surface area (Å²) in [6, 6.07) is 1.67. The number of guanidine groups is 1. The van der Waals surface area contributed by atoms with Crippen LogP contribution in [0.4, 0.5) is 0 Å². The Hall–Kier alpha value is -13.5. The van der Waals surface area contributed by atoms with E-state index in [1.54, 1.807) is 99.0 Å². The normalized spacial score (nSPS) is 23.8. The number of benzene rings is 3. The summed E-state index contributed by atoms with van der Waals surface area (Å²) in [5.41, 5.74) is 20.9. The predicted octanol–water partition coefficient (Wildman–Crippen LogP) is -1.91. The smallest absolute Gasteiger partial charge is 0.246 e. The van der Waals surface area contributed by atoms with Crippen LogP contribution in [0, 0.1) is 11.3 Å². The number of aliphatic hydroxyl groups is 1. The summed E-state index contributed by atoms with van der Waals surface area (Å²) in [6.45, 7) is 5.86. The van der Waals surface area contributed by atoms with E-state index in [4.69, 9.17) is 22.6 Å². The summed E-state index contributed by atoms with van der Waals surface area (Å²) in [6.07, 6.45) is 6.16. The lowest BCUT2D eigenvalue weighted by Crippen LogP contribution is -2.61. The molecule has 3 aromatic heterocycles. The van der Waals surface area contributed by atoms with Crippen LogP contribution in [0.25, 0.3) is 21.8 Å². The molecule has 720 valence electrons. The molecule has 21 N–H and O–H groups in total. The molecule has 43 heteroatoms. The van der Waals surface area contributed by atoms with Crippen molar-refractivity contribution in [3.8, 4) is 0 Å². The molecule has 0 bridgehead atoms. The molecule has 6 heterocycles. The van der Waals surface area contributed by atoms with Crippen molar-refractivity contribution in [2.24, 2.45) is 23.1 Å².